The molecule has 0 saturated heterocycles. The van der Waals surface area contributed by atoms with E-state index < -0.39 is 23.7 Å². The minimum absolute atomic E-state index is 0.0384. The van der Waals surface area contributed by atoms with Gasteiger partial charge in [-0.05, 0) is 57.4 Å². The number of halogens is 3. The van der Waals surface area contributed by atoms with Crippen LogP contribution < -0.4 is 10.5 Å². The van der Waals surface area contributed by atoms with Crippen molar-refractivity contribution in [2.75, 3.05) is 13.2 Å². The molecule has 2 N–H and O–H groups in total. The van der Waals surface area contributed by atoms with Crippen molar-refractivity contribution in [3.8, 4) is 5.88 Å². The van der Waals surface area contributed by atoms with Crippen LogP contribution in [0, 0.1) is 0 Å². The Hall–Kier alpha value is -4.87. The van der Waals surface area contributed by atoms with Gasteiger partial charge in [-0.25, -0.2) is 4.79 Å². The van der Waals surface area contributed by atoms with Crippen molar-refractivity contribution in [1.29, 1.82) is 0 Å². The molecule has 2 aromatic heterocycles. The summed E-state index contributed by atoms with van der Waals surface area (Å²) in [6.45, 7) is 11.7. The number of carbonyl (C=O) groups is 1. The minimum atomic E-state index is -4.75. The molecule has 12 heteroatoms. The molecule has 9 nitrogen and oxygen atoms in total. The van der Waals surface area contributed by atoms with E-state index in [9.17, 15) is 18.0 Å². The smallest absolute Gasteiger partial charge is 0.453 e. The summed E-state index contributed by atoms with van der Waals surface area (Å²) in [5, 5.41) is 11.8. The fourth-order valence-corrected chi connectivity index (χ4v) is 4.33. The van der Waals surface area contributed by atoms with E-state index in [0.29, 0.717) is 33.8 Å². The molecule has 0 fully saturated rings. The highest BCUT2D eigenvalue weighted by Crippen LogP contribution is 2.32. The summed E-state index contributed by atoms with van der Waals surface area (Å²) in [5.41, 5.74) is 7.44. The molecule has 1 unspecified atom stereocenters. The fourth-order valence-electron chi connectivity index (χ4n) is 4.33. The van der Waals surface area contributed by atoms with Gasteiger partial charge in [0.1, 0.15) is 12.2 Å². The highest BCUT2D eigenvalue weighted by Gasteiger charge is 2.38. The number of carbonyl (C=O) groups excluding carboxylic acids is 1. The lowest BCUT2D eigenvalue weighted by Gasteiger charge is -2.32. The quantitative estimate of drug-likeness (QED) is 0.205. The average molecular weight is 609 g/mol. The minimum Gasteiger partial charge on any atom is -0.470 e. The second kappa shape index (κ2) is 13.2. The zero-order valence-electron chi connectivity index (χ0n) is 25.0. The summed E-state index contributed by atoms with van der Waals surface area (Å²) in [6, 6.07) is 16.1. The number of fused-ring (bicyclic) bond motifs is 3. The topological polar surface area (TPSA) is 108 Å². The molecular weight excluding hydrogens is 573 g/mol. The zero-order chi connectivity index (χ0) is 32.1. The van der Waals surface area contributed by atoms with Gasteiger partial charge in [0.25, 0.3) is 5.82 Å². The number of nitrogens with zero attached hydrogens (tertiary/aromatic N) is 5. The number of benzene rings is 2. The normalized spacial score (nSPS) is 13.4. The van der Waals surface area contributed by atoms with Gasteiger partial charge in [-0.15, -0.1) is 15.3 Å². The molecule has 0 aliphatic heterocycles. The standard InChI is InChI=1S/C32H35F3N6O3/c1-21(22(2)40(30(42)44-31(3,4)5)19-18-23-13-7-6-8-14-23)12-11-15-24(36)20-43-28-26-17-10-9-16-25(26)27-37-38-29(32(33,34)35)41(27)39-28/h6-17,22H,1,18-20,36H2,2-5H3/b12-11-,24-15-. The highest BCUT2D eigenvalue weighted by atomic mass is 19.4. The number of ether oxygens (including phenoxy) is 2. The van der Waals surface area contributed by atoms with E-state index >= 15 is 0 Å². The van der Waals surface area contributed by atoms with Gasteiger partial charge in [0.2, 0.25) is 5.88 Å². The van der Waals surface area contributed by atoms with Crippen molar-refractivity contribution in [1.82, 2.24) is 24.7 Å². The van der Waals surface area contributed by atoms with Crippen LogP contribution in [0.5, 0.6) is 5.88 Å². The first-order valence-electron chi connectivity index (χ1n) is 13.9. The third-order valence-electron chi connectivity index (χ3n) is 6.60. The van der Waals surface area contributed by atoms with Crippen LogP contribution in [0.4, 0.5) is 18.0 Å². The lowest BCUT2D eigenvalue weighted by molar-refractivity contribution is -0.146. The van der Waals surface area contributed by atoms with E-state index in [0.717, 1.165) is 5.56 Å². The summed E-state index contributed by atoms with van der Waals surface area (Å²) in [4.78, 5) is 14.7. The van der Waals surface area contributed by atoms with Crippen LogP contribution in [-0.4, -0.2) is 55.6 Å². The van der Waals surface area contributed by atoms with Crippen LogP contribution in [0.15, 0.2) is 90.7 Å². The number of amides is 1. The van der Waals surface area contributed by atoms with Crippen LogP contribution in [0.25, 0.3) is 16.4 Å². The van der Waals surface area contributed by atoms with E-state index in [2.05, 4.69) is 21.9 Å². The Balaban J connectivity index is 1.46. The van der Waals surface area contributed by atoms with E-state index in [-0.39, 0.29) is 29.9 Å². The van der Waals surface area contributed by atoms with Gasteiger partial charge in [0, 0.05) is 23.0 Å². The van der Waals surface area contributed by atoms with E-state index in [1.54, 1.807) is 47.4 Å². The molecule has 44 heavy (non-hydrogen) atoms. The maximum atomic E-state index is 13.5. The van der Waals surface area contributed by atoms with Crippen molar-refractivity contribution in [2.45, 2.75) is 51.9 Å². The Morgan fingerprint density at radius 1 is 1.07 bits per heavy atom. The molecule has 0 aliphatic carbocycles. The van der Waals surface area contributed by atoms with E-state index in [1.807, 2.05) is 58.0 Å². The van der Waals surface area contributed by atoms with Crippen molar-refractivity contribution in [3.05, 3.63) is 102 Å². The van der Waals surface area contributed by atoms with Gasteiger partial charge >= 0.3 is 12.3 Å². The van der Waals surface area contributed by atoms with Crippen LogP contribution >= 0.6 is 0 Å². The molecule has 0 spiro atoms. The van der Waals surface area contributed by atoms with Gasteiger partial charge in [-0.2, -0.15) is 17.7 Å². The SMILES string of the molecule is C=C(/C=C\C=C(/N)COc1nn2c(C(F)(F)F)nnc2c2ccccc12)C(C)N(CCc1ccccc1)C(=O)OC(C)(C)C. The molecule has 0 aliphatic rings. The largest absolute Gasteiger partial charge is 0.470 e. The van der Waals surface area contributed by atoms with Crippen molar-refractivity contribution in [2.24, 2.45) is 5.73 Å². The number of alkyl halides is 3. The van der Waals surface area contributed by atoms with Gasteiger partial charge in [-0.1, -0.05) is 67.3 Å². The number of hydrogen-bond acceptors (Lipinski definition) is 7. The van der Waals surface area contributed by atoms with Gasteiger partial charge in [0.05, 0.1) is 6.04 Å². The number of nitrogens with two attached hydrogens (primary N) is 1. The van der Waals surface area contributed by atoms with Gasteiger partial charge in [-0.3, -0.25) is 0 Å². The fraction of sp³-hybridized carbons (Fsp3) is 0.312. The third kappa shape index (κ3) is 7.94. The lowest BCUT2D eigenvalue weighted by Crippen LogP contribution is -2.43. The van der Waals surface area contributed by atoms with Gasteiger partial charge in [0.15, 0.2) is 5.65 Å². The monoisotopic (exact) mass is 608 g/mol. The average Bonchev–Trinajstić information content (AvgIpc) is 3.40. The number of rotatable bonds is 10. The molecule has 0 radical (unpaired) electrons. The summed E-state index contributed by atoms with van der Waals surface area (Å²) in [7, 11) is 0. The summed E-state index contributed by atoms with van der Waals surface area (Å²) in [5.74, 6) is -1.31. The predicted molar refractivity (Wildman–Crippen MR) is 162 cm³/mol. The lowest BCUT2D eigenvalue weighted by atomic mass is 10.1. The molecule has 0 saturated carbocycles. The molecule has 2 heterocycles. The third-order valence-corrected chi connectivity index (χ3v) is 6.60. The maximum absolute atomic E-state index is 13.5. The highest BCUT2D eigenvalue weighted by molar-refractivity contribution is 5.96. The molecule has 0 bridgehead atoms. The number of allylic oxidation sites excluding steroid dienone is 2. The molecule has 2 aromatic carbocycles. The van der Waals surface area contributed by atoms with Crippen molar-refractivity contribution in [3.63, 3.8) is 0 Å². The molecule has 4 aromatic rings. The Kier molecular flexibility index (Phi) is 9.61. The Bertz CT molecular complexity index is 1690. The van der Waals surface area contributed by atoms with Crippen LogP contribution in [0.1, 0.15) is 39.1 Å². The Labute approximate surface area is 253 Å². The molecule has 1 amide bonds. The summed E-state index contributed by atoms with van der Waals surface area (Å²) < 4.78 is 52.4. The van der Waals surface area contributed by atoms with E-state index in [4.69, 9.17) is 15.2 Å². The maximum Gasteiger partial charge on any atom is 0.453 e. The summed E-state index contributed by atoms with van der Waals surface area (Å²) >= 11 is 0. The Morgan fingerprint density at radius 2 is 1.73 bits per heavy atom. The Morgan fingerprint density at radius 3 is 2.39 bits per heavy atom. The second-order valence-corrected chi connectivity index (χ2v) is 11.2. The van der Waals surface area contributed by atoms with Crippen molar-refractivity contribution < 1.29 is 27.4 Å². The predicted octanol–water partition coefficient (Wildman–Crippen LogP) is 6.50. The van der Waals surface area contributed by atoms with Crippen molar-refractivity contribution >= 4 is 22.5 Å². The zero-order valence-corrected chi connectivity index (χ0v) is 25.0. The molecular formula is C32H35F3N6O3. The first-order valence-corrected chi connectivity index (χ1v) is 13.9. The molecule has 1 atom stereocenters. The van der Waals surface area contributed by atoms with Crippen LogP contribution in [-0.2, 0) is 17.3 Å². The van der Waals surface area contributed by atoms with E-state index in [1.165, 1.54) is 0 Å². The van der Waals surface area contributed by atoms with Gasteiger partial charge < -0.3 is 20.1 Å². The first kappa shape index (κ1) is 32.1. The summed E-state index contributed by atoms with van der Waals surface area (Å²) in [6.07, 6.45) is 0.412. The molecule has 232 valence electrons. The second-order valence-electron chi connectivity index (χ2n) is 11.2. The number of aromatic nitrogens is 4. The number of hydrogen-bond donors (Lipinski definition) is 1. The molecule has 4 rings (SSSR count). The first-order chi connectivity index (χ1) is 20.7. The van der Waals surface area contributed by atoms with Crippen LogP contribution in [0.3, 0.4) is 0 Å². The van der Waals surface area contributed by atoms with Crippen LogP contribution in [0.2, 0.25) is 0 Å².